The Morgan fingerprint density at radius 3 is 2.12 bits per heavy atom. The Hall–Kier alpha value is -0.650. The fourth-order valence-corrected chi connectivity index (χ4v) is 1.34. The fourth-order valence-electron chi connectivity index (χ4n) is 1.34. The van der Waals surface area contributed by atoms with E-state index in [2.05, 4.69) is 5.32 Å². The molecule has 0 atom stereocenters. The van der Waals surface area contributed by atoms with Crippen molar-refractivity contribution in [1.29, 1.82) is 0 Å². The molecule has 0 bridgehead atoms. The van der Waals surface area contributed by atoms with E-state index in [9.17, 15) is 9.90 Å². The zero-order valence-electron chi connectivity index (χ0n) is 11.3. The van der Waals surface area contributed by atoms with Gasteiger partial charge in [0, 0.05) is 5.41 Å². The molecule has 0 aromatic heterocycles. The van der Waals surface area contributed by atoms with Gasteiger partial charge in [0.05, 0.1) is 19.8 Å². The highest BCUT2D eigenvalue weighted by Crippen LogP contribution is 2.24. The SMILES string of the molecule is CC1(C)OCC(CO)(NC(=O)C(C)(C)C)CO1. The second-order valence-electron chi connectivity index (χ2n) is 6.12. The van der Waals surface area contributed by atoms with Gasteiger partial charge in [-0.3, -0.25) is 4.79 Å². The summed E-state index contributed by atoms with van der Waals surface area (Å²) in [7, 11) is 0. The maximum Gasteiger partial charge on any atom is 0.226 e. The van der Waals surface area contributed by atoms with E-state index in [4.69, 9.17) is 9.47 Å². The third kappa shape index (κ3) is 3.66. The standard InChI is InChI=1S/C12H23NO4/c1-10(2,3)9(15)13-12(6-14)7-16-11(4,5)17-8-12/h14H,6-8H2,1-5H3,(H,13,15). The topological polar surface area (TPSA) is 67.8 Å². The number of aliphatic hydroxyl groups is 1. The Labute approximate surface area is 102 Å². The molecule has 1 aliphatic rings. The van der Waals surface area contributed by atoms with E-state index in [1.54, 1.807) is 13.8 Å². The average Bonchev–Trinajstić information content (AvgIpc) is 2.20. The van der Waals surface area contributed by atoms with Gasteiger partial charge in [-0.2, -0.15) is 0 Å². The summed E-state index contributed by atoms with van der Waals surface area (Å²) in [4.78, 5) is 11.9. The maximum absolute atomic E-state index is 11.9. The molecule has 0 radical (unpaired) electrons. The fraction of sp³-hybridized carbons (Fsp3) is 0.917. The van der Waals surface area contributed by atoms with Crippen LogP contribution in [0.1, 0.15) is 34.6 Å². The van der Waals surface area contributed by atoms with Crippen LogP contribution in [-0.2, 0) is 14.3 Å². The van der Waals surface area contributed by atoms with Gasteiger partial charge in [-0.25, -0.2) is 0 Å². The van der Waals surface area contributed by atoms with Crippen molar-refractivity contribution in [2.45, 2.75) is 45.9 Å². The number of hydrogen-bond donors (Lipinski definition) is 2. The Bertz CT molecular complexity index is 283. The summed E-state index contributed by atoms with van der Waals surface area (Å²) in [5.74, 6) is -0.788. The van der Waals surface area contributed by atoms with Crippen molar-refractivity contribution in [3.05, 3.63) is 0 Å². The van der Waals surface area contributed by atoms with Crippen LogP contribution in [0.4, 0.5) is 0 Å². The summed E-state index contributed by atoms with van der Waals surface area (Å²) in [6.07, 6.45) is 0. The molecule has 1 rings (SSSR count). The average molecular weight is 245 g/mol. The third-order valence-corrected chi connectivity index (χ3v) is 2.75. The first-order valence-electron chi connectivity index (χ1n) is 5.82. The van der Waals surface area contributed by atoms with Crippen molar-refractivity contribution in [3.63, 3.8) is 0 Å². The summed E-state index contributed by atoms with van der Waals surface area (Å²) < 4.78 is 11.0. The number of rotatable bonds is 2. The van der Waals surface area contributed by atoms with Gasteiger partial charge in [-0.05, 0) is 13.8 Å². The molecule has 2 N–H and O–H groups in total. The first-order valence-corrected chi connectivity index (χ1v) is 5.82. The lowest BCUT2D eigenvalue weighted by atomic mass is 9.92. The first kappa shape index (κ1) is 14.4. The second-order valence-corrected chi connectivity index (χ2v) is 6.12. The van der Waals surface area contributed by atoms with Crippen LogP contribution in [0.2, 0.25) is 0 Å². The van der Waals surface area contributed by atoms with Crippen LogP contribution in [0.25, 0.3) is 0 Å². The summed E-state index contributed by atoms with van der Waals surface area (Å²) >= 11 is 0. The lowest BCUT2D eigenvalue weighted by Crippen LogP contribution is -2.64. The van der Waals surface area contributed by atoms with E-state index in [-0.39, 0.29) is 25.7 Å². The number of aliphatic hydroxyl groups excluding tert-OH is 1. The van der Waals surface area contributed by atoms with Crippen molar-refractivity contribution in [3.8, 4) is 0 Å². The van der Waals surface area contributed by atoms with Crippen molar-refractivity contribution in [2.24, 2.45) is 5.41 Å². The number of carbonyl (C=O) groups is 1. The number of carbonyl (C=O) groups excluding carboxylic acids is 1. The highest BCUT2D eigenvalue weighted by Gasteiger charge is 2.42. The minimum absolute atomic E-state index is 0.126. The predicted octanol–water partition coefficient (Wildman–Crippen LogP) is 0.663. The van der Waals surface area contributed by atoms with Crippen LogP contribution in [0, 0.1) is 5.41 Å². The molecule has 0 spiro atoms. The van der Waals surface area contributed by atoms with Gasteiger partial charge in [0.25, 0.3) is 0 Å². The summed E-state index contributed by atoms with van der Waals surface area (Å²) in [5.41, 5.74) is -1.34. The van der Waals surface area contributed by atoms with E-state index >= 15 is 0 Å². The van der Waals surface area contributed by atoms with Gasteiger partial charge < -0.3 is 19.9 Å². The zero-order valence-corrected chi connectivity index (χ0v) is 11.3. The Morgan fingerprint density at radius 2 is 1.76 bits per heavy atom. The monoisotopic (exact) mass is 245 g/mol. The lowest BCUT2D eigenvalue weighted by Gasteiger charge is -2.43. The van der Waals surface area contributed by atoms with Crippen LogP contribution >= 0.6 is 0 Å². The van der Waals surface area contributed by atoms with Crippen molar-refractivity contribution >= 4 is 5.91 Å². The Balaban J connectivity index is 2.69. The molecule has 1 amide bonds. The van der Waals surface area contributed by atoms with Crippen molar-refractivity contribution in [1.82, 2.24) is 5.32 Å². The van der Waals surface area contributed by atoms with E-state index in [0.29, 0.717) is 0 Å². The van der Waals surface area contributed by atoms with E-state index in [0.717, 1.165) is 0 Å². The number of nitrogens with one attached hydrogen (secondary N) is 1. The van der Waals surface area contributed by atoms with E-state index in [1.165, 1.54) is 0 Å². The van der Waals surface area contributed by atoms with Crippen LogP contribution in [0.15, 0.2) is 0 Å². The van der Waals surface area contributed by atoms with Crippen LogP contribution in [0.5, 0.6) is 0 Å². The summed E-state index contributed by atoms with van der Waals surface area (Å²) in [6, 6.07) is 0. The molecule has 0 aromatic carbocycles. The molecule has 0 aromatic rings. The lowest BCUT2D eigenvalue weighted by molar-refractivity contribution is -0.274. The Morgan fingerprint density at radius 1 is 1.29 bits per heavy atom. The van der Waals surface area contributed by atoms with Gasteiger partial charge >= 0.3 is 0 Å². The minimum Gasteiger partial charge on any atom is -0.394 e. The molecule has 1 fully saturated rings. The van der Waals surface area contributed by atoms with Gasteiger partial charge in [0.15, 0.2) is 5.79 Å². The van der Waals surface area contributed by atoms with Gasteiger partial charge in [-0.1, -0.05) is 20.8 Å². The Kier molecular flexibility index (Phi) is 3.86. The van der Waals surface area contributed by atoms with Crippen LogP contribution in [-0.4, -0.2) is 42.2 Å². The predicted molar refractivity (Wildman–Crippen MR) is 63.4 cm³/mol. The molecule has 0 aliphatic carbocycles. The van der Waals surface area contributed by atoms with E-state index < -0.39 is 16.7 Å². The van der Waals surface area contributed by atoms with Crippen molar-refractivity contribution < 1.29 is 19.4 Å². The third-order valence-electron chi connectivity index (χ3n) is 2.75. The number of ether oxygens (including phenoxy) is 2. The highest BCUT2D eigenvalue weighted by atomic mass is 16.7. The smallest absolute Gasteiger partial charge is 0.226 e. The number of hydrogen-bond acceptors (Lipinski definition) is 4. The molecule has 1 heterocycles. The highest BCUT2D eigenvalue weighted by molar-refractivity contribution is 5.82. The molecule has 5 nitrogen and oxygen atoms in total. The molecule has 1 aliphatic heterocycles. The molecule has 0 saturated carbocycles. The molecule has 1 saturated heterocycles. The minimum atomic E-state index is -0.833. The number of amides is 1. The zero-order chi connectivity index (χ0) is 13.3. The molecule has 100 valence electrons. The van der Waals surface area contributed by atoms with Crippen LogP contribution < -0.4 is 5.32 Å². The van der Waals surface area contributed by atoms with Gasteiger partial charge in [0.1, 0.15) is 5.54 Å². The molecular weight excluding hydrogens is 222 g/mol. The van der Waals surface area contributed by atoms with E-state index in [1.807, 2.05) is 20.8 Å². The second kappa shape index (κ2) is 4.55. The molecule has 5 heteroatoms. The molecule has 0 unspecified atom stereocenters. The quantitative estimate of drug-likeness (QED) is 0.750. The summed E-state index contributed by atoms with van der Waals surface area (Å²) in [5, 5.41) is 12.3. The van der Waals surface area contributed by atoms with Gasteiger partial charge in [-0.15, -0.1) is 0 Å². The molecule has 17 heavy (non-hydrogen) atoms. The van der Waals surface area contributed by atoms with Crippen LogP contribution in [0.3, 0.4) is 0 Å². The first-order chi connectivity index (χ1) is 7.60. The largest absolute Gasteiger partial charge is 0.394 e. The van der Waals surface area contributed by atoms with Crippen molar-refractivity contribution in [2.75, 3.05) is 19.8 Å². The normalized spacial score (nSPS) is 23.2. The maximum atomic E-state index is 11.9. The van der Waals surface area contributed by atoms with Gasteiger partial charge in [0.2, 0.25) is 5.91 Å². The molecular formula is C12H23NO4. The summed E-state index contributed by atoms with van der Waals surface area (Å²) in [6.45, 7) is 9.37.